The van der Waals surface area contributed by atoms with Crippen LogP contribution in [0.3, 0.4) is 0 Å². The Balaban J connectivity index is 1.81. The van der Waals surface area contributed by atoms with Gasteiger partial charge in [0.1, 0.15) is 11.6 Å². The molecule has 3 rings (SSSR count). The number of benzene rings is 1. The number of β-amino-alcohol motifs (C(OH)–C–C–N with tert-alkyl or cyclic N) is 1. The Morgan fingerprint density at radius 1 is 1.35 bits per heavy atom. The topological polar surface area (TPSA) is 41.3 Å². The van der Waals surface area contributed by atoms with Crippen molar-refractivity contribution in [3.63, 3.8) is 0 Å². The summed E-state index contributed by atoms with van der Waals surface area (Å²) >= 11 is 0. The summed E-state index contributed by atoms with van der Waals surface area (Å²) in [6.45, 7) is 1.30. The van der Waals surface area contributed by atoms with Gasteiger partial charge in [-0.3, -0.25) is 4.90 Å². The normalized spacial score (nSPS) is 23.4. The molecular weight excluding hydrogens is 257 g/mol. The minimum Gasteiger partial charge on any atom is -0.392 e. The van der Waals surface area contributed by atoms with Gasteiger partial charge in [-0.15, -0.1) is 0 Å². The van der Waals surface area contributed by atoms with E-state index in [0.717, 1.165) is 11.4 Å². The lowest BCUT2D eigenvalue weighted by atomic mass is 10.0. The van der Waals surface area contributed by atoms with Crippen molar-refractivity contribution in [1.82, 2.24) is 14.5 Å². The zero-order valence-electron chi connectivity index (χ0n) is 11.4. The Morgan fingerprint density at radius 2 is 2.10 bits per heavy atom. The van der Waals surface area contributed by atoms with Crippen molar-refractivity contribution in [3.8, 4) is 0 Å². The highest BCUT2D eigenvalue weighted by molar-refractivity contribution is 5.21. The molecule has 2 heterocycles. The zero-order chi connectivity index (χ0) is 14.1. The Morgan fingerprint density at radius 3 is 2.75 bits per heavy atom. The fourth-order valence-electron chi connectivity index (χ4n) is 2.82. The number of likely N-dealkylation sites (tertiary alicyclic amines) is 1. The molecule has 1 N–H and O–H groups in total. The Bertz CT molecular complexity index is 581. The van der Waals surface area contributed by atoms with Gasteiger partial charge in [0.2, 0.25) is 0 Å². The summed E-state index contributed by atoms with van der Waals surface area (Å²) < 4.78 is 15.0. The summed E-state index contributed by atoms with van der Waals surface area (Å²) in [6, 6.07) is 6.65. The molecule has 106 valence electrons. The molecule has 0 saturated carbocycles. The molecule has 0 unspecified atom stereocenters. The third kappa shape index (κ3) is 2.59. The quantitative estimate of drug-likeness (QED) is 0.929. The number of aliphatic hydroxyl groups is 1. The van der Waals surface area contributed by atoms with Crippen molar-refractivity contribution >= 4 is 0 Å². The van der Waals surface area contributed by atoms with Crippen LogP contribution in [0.25, 0.3) is 0 Å². The van der Waals surface area contributed by atoms with Crippen molar-refractivity contribution in [3.05, 3.63) is 53.9 Å². The highest BCUT2D eigenvalue weighted by Gasteiger charge is 2.32. The van der Waals surface area contributed by atoms with Gasteiger partial charge in [0.25, 0.3) is 0 Å². The maximum absolute atomic E-state index is 13.0. The van der Waals surface area contributed by atoms with Crippen LogP contribution < -0.4 is 0 Å². The zero-order valence-corrected chi connectivity index (χ0v) is 11.4. The van der Waals surface area contributed by atoms with Gasteiger partial charge in [-0.1, -0.05) is 12.1 Å². The summed E-state index contributed by atoms with van der Waals surface area (Å²) in [6.07, 6.45) is 4.02. The molecule has 1 fully saturated rings. The fraction of sp³-hybridized carbons (Fsp3) is 0.400. The van der Waals surface area contributed by atoms with Crippen LogP contribution in [-0.4, -0.2) is 32.2 Å². The average Bonchev–Trinajstić information content (AvgIpc) is 2.98. The van der Waals surface area contributed by atoms with Crippen molar-refractivity contribution in [1.29, 1.82) is 0 Å². The molecule has 1 aromatic heterocycles. The monoisotopic (exact) mass is 275 g/mol. The number of aryl methyl sites for hydroxylation is 1. The standard InChI is InChI=1S/C15H18FN3O/c1-18-7-6-17-15(18)10-19-9-13(20)8-14(19)11-2-4-12(16)5-3-11/h2-7,13-14,20H,8-10H2,1H3/t13-,14-/m0/s1. The highest BCUT2D eigenvalue weighted by atomic mass is 19.1. The Labute approximate surface area is 117 Å². The van der Waals surface area contributed by atoms with Gasteiger partial charge in [0, 0.05) is 32.0 Å². The number of rotatable bonds is 3. The molecule has 1 aliphatic heterocycles. The predicted octanol–water partition coefficient (Wildman–Crippen LogP) is 1.87. The van der Waals surface area contributed by atoms with E-state index in [1.807, 2.05) is 17.8 Å². The third-order valence-corrected chi connectivity index (χ3v) is 3.90. The van der Waals surface area contributed by atoms with Crippen LogP contribution in [-0.2, 0) is 13.6 Å². The first-order chi connectivity index (χ1) is 9.63. The highest BCUT2D eigenvalue weighted by Crippen LogP contribution is 2.33. The molecule has 0 aliphatic carbocycles. The van der Waals surface area contributed by atoms with E-state index >= 15 is 0 Å². The van der Waals surface area contributed by atoms with Gasteiger partial charge in [-0.05, 0) is 24.1 Å². The van der Waals surface area contributed by atoms with Crippen molar-refractivity contribution in [2.75, 3.05) is 6.54 Å². The number of aromatic nitrogens is 2. The molecule has 2 aromatic rings. The van der Waals surface area contributed by atoms with Crippen LogP contribution in [0.5, 0.6) is 0 Å². The Hall–Kier alpha value is -1.72. The molecule has 1 saturated heterocycles. The number of hydrogen-bond donors (Lipinski definition) is 1. The van der Waals surface area contributed by atoms with Crippen LogP contribution in [0.4, 0.5) is 4.39 Å². The molecule has 4 nitrogen and oxygen atoms in total. The lowest BCUT2D eigenvalue weighted by Crippen LogP contribution is -2.25. The molecule has 2 atom stereocenters. The number of aliphatic hydroxyl groups excluding tert-OH is 1. The van der Waals surface area contributed by atoms with Crippen LogP contribution in [0.1, 0.15) is 23.9 Å². The lowest BCUT2D eigenvalue weighted by molar-refractivity contribution is 0.171. The van der Waals surface area contributed by atoms with Crippen molar-refractivity contribution < 1.29 is 9.50 Å². The maximum atomic E-state index is 13.0. The van der Waals surface area contributed by atoms with Crippen LogP contribution in [0.15, 0.2) is 36.7 Å². The maximum Gasteiger partial charge on any atom is 0.123 e. The van der Waals surface area contributed by atoms with Crippen LogP contribution in [0, 0.1) is 5.82 Å². The van der Waals surface area contributed by atoms with E-state index in [1.165, 1.54) is 12.1 Å². The second kappa shape index (κ2) is 5.34. The van der Waals surface area contributed by atoms with Gasteiger partial charge in [0.15, 0.2) is 0 Å². The largest absolute Gasteiger partial charge is 0.392 e. The molecule has 0 amide bonds. The lowest BCUT2D eigenvalue weighted by Gasteiger charge is -2.24. The van der Waals surface area contributed by atoms with E-state index in [0.29, 0.717) is 19.5 Å². The number of nitrogens with zero attached hydrogens (tertiary/aromatic N) is 3. The molecule has 20 heavy (non-hydrogen) atoms. The van der Waals surface area contributed by atoms with Crippen molar-refractivity contribution in [2.24, 2.45) is 7.05 Å². The fourth-order valence-corrected chi connectivity index (χ4v) is 2.82. The molecule has 0 radical (unpaired) electrons. The van der Waals surface area contributed by atoms with Crippen LogP contribution in [0.2, 0.25) is 0 Å². The van der Waals surface area contributed by atoms with Gasteiger partial charge in [-0.2, -0.15) is 0 Å². The summed E-state index contributed by atoms with van der Waals surface area (Å²) in [5.74, 6) is 0.731. The minimum atomic E-state index is -0.342. The van der Waals surface area contributed by atoms with E-state index in [2.05, 4.69) is 9.88 Å². The average molecular weight is 275 g/mol. The first kappa shape index (κ1) is 13.3. The van der Waals surface area contributed by atoms with Crippen molar-refractivity contribution in [2.45, 2.75) is 25.1 Å². The summed E-state index contributed by atoms with van der Waals surface area (Å²) in [5, 5.41) is 9.94. The number of halogens is 1. The Kier molecular flexibility index (Phi) is 3.54. The third-order valence-electron chi connectivity index (χ3n) is 3.90. The molecule has 5 heteroatoms. The summed E-state index contributed by atoms with van der Waals surface area (Å²) in [4.78, 5) is 6.52. The summed E-state index contributed by atoms with van der Waals surface area (Å²) in [7, 11) is 1.96. The van der Waals surface area contributed by atoms with Crippen LogP contribution >= 0.6 is 0 Å². The first-order valence-corrected chi connectivity index (χ1v) is 6.77. The van der Waals surface area contributed by atoms with E-state index in [9.17, 15) is 9.50 Å². The van der Waals surface area contributed by atoms with E-state index in [4.69, 9.17) is 0 Å². The molecule has 0 bridgehead atoms. The smallest absolute Gasteiger partial charge is 0.123 e. The van der Waals surface area contributed by atoms with Gasteiger partial charge in [-0.25, -0.2) is 9.37 Å². The number of hydrogen-bond acceptors (Lipinski definition) is 3. The first-order valence-electron chi connectivity index (χ1n) is 6.77. The van der Waals surface area contributed by atoms with Gasteiger partial charge >= 0.3 is 0 Å². The van der Waals surface area contributed by atoms with E-state index < -0.39 is 0 Å². The number of imidazole rings is 1. The molecule has 0 spiro atoms. The van der Waals surface area contributed by atoms with E-state index in [-0.39, 0.29) is 18.0 Å². The molecule has 1 aromatic carbocycles. The molecule has 1 aliphatic rings. The van der Waals surface area contributed by atoms with Gasteiger partial charge < -0.3 is 9.67 Å². The van der Waals surface area contributed by atoms with Gasteiger partial charge in [0.05, 0.1) is 12.6 Å². The molecular formula is C15H18FN3O. The predicted molar refractivity (Wildman–Crippen MR) is 73.4 cm³/mol. The summed E-state index contributed by atoms with van der Waals surface area (Å²) in [5.41, 5.74) is 1.04. The second-order valence-electron chi connectivity index (χ2n) is 5.34. The second-order valence-corrected chi connectivity index (χ2v) is 5.34. The SMILES string of the molecule is Cn1ccnc1CN1C[C@@H](O)C[C@H]1c1ccc(F)cc1. The minimum absolute atomic E-state index is 0.113. The van der Waals surface area contributed by atoms with E-state index in [1.54, 1.807) is 18.3 Å².